The molecule has 0 bridgehead atoms. The maximum Gasteiger partial charge on any atom is 0.262 e. The van der Waals surface area contributed by atoms with Crippen molar-refractivity contribution in [1.29, 1.82) is 0 Å². The van der Waals surface area contributed by atoms with Crippen molar-refractivity contribution < 1.29 is 14.1 Å². The van der Waals surface area contributed by atoms with Crippen LogP contribution >= 0.6 is 11.3 Å². The molecular weight excluding hydrogens is 338 g/mol. The number of benzene rings is 1. The summed E-state index contributed by atoms with van der Waals surface area (Å²) in [5.41, 5.74) is 0.950. The highest BCUT2D eigenvalue weighted by Gasteiger charge is 2.23. The highest BCUT2D eigenvalue weighted by atomic mass is 32.1. The maximum atomic E-state index is 12.6. The lowest BCUT2D eigenvalue weighted by Gasteiger charge is -2.17. The van der Waals surface area contributed by atoms with Gasteiger partial charge in [-0.05, 0) is 23.9 Å². The Morgan fingerprint density at radius 1 is 1.20 bits per heavy atom. The maximum absolute atomic E-state index is 12.6. The molecule has 3 aromatic rings. The number of rotatable bonds is 6. The lowest BCUT2D eigenvalue weighted by Crippen LogP contribution is -2.45. The molecule has 1 atom stereocenters. The topological polar surface area (TPSA) is 84.2 Å². The molecule has 3 rings (SSSR count). The molecule has 2 N–H and O–H groups in total. The number of carbonyl (C=O) groups is 2. The first kappa shape index (κ1) is 16.9. The van der Waals surface area contributed by atoms with Gasteiger partial charge in [-0.3, -0.25) is 9.59 Å². The van der Waals surface area contributed by atoms with Crippen LogP contribution in [-0.2, 0) is 11.2 Å². The van der Waals surface area contributed by atoms with Crippen LogP contribution in [0.2, 0.25) is 0 Å². The van der Waals surface area contributed by atoms with Gasteiger partial charge in [0.2, 0.25) is 5.91 Å². The van der Waals surface area contributed by atoms with Gasteiger partial charge < -0.3 is 15.2 Å². The molecule has 0 fully saturated rings. The van der Waals surface area contributed by atoms with Gasteiger partial charge in [0, 0.05) is 12.5 Å². The zero-order valence-corrected chi connectivity index (χ0v) is 14.4. The normalized spacial score (nSPS) is 11.7. The Bertz CT molecular complexity index is 844. The van der Waals surface area contributed by atoms with Crippen molar-refractivity contribution in [2.24, 2.45) is 0 Å². The van der Waals surface area contributed by atoms with Crippen LogP contribution in [0, 0.1) is 6.92 Å². The summed E-state index contributed by atoms with van der Waals surface area (Å²) in [5.74, 6) is 0.299. The van der Waals surface area contributed by atoms with Gasteiger partial charge in [0.05, 0.1) is 4.88 Å². The second kappa shape index (κ2) is 7.76. The van der Waals surface area contributed by atoms with E-state index in [0.29, 0.717) is 22.9 Å². The number of amides is 2. The zero-order chi connectivity index (χ0) is 17.6. The number of carbonyl (C=O) groups excluding carboxylic acids is 2. The molecule has 0 aliphatic rings. The minimum atomic E-state index is -0.728. The standard InChI is InChI=1S/C18H17N3O3S/c1-12-10-16(21-24-12)20-17(22)14(11-13-6-3-2-4-7-13)19-18(23)15-8-5-9-25-15/h2-10,14H,11H2,1H3,(H,19,23)(H,20,21,22). The van der Waals surface area contributed by atoms with Crippen molar-refractivity contribution in [2.75, 3.05) is 5.32 Å². The summed E-state index contributed by atoms with van der Waals surface area (Å²) >= 11 is 1.33. The van der Waals surface area contributed by atoms with Crippen LogP contribution in [0.3, 0.4) is 0 Å². The van der Waals surface area contributed by atoms with E-state index >= 15 is 0 Å². The number of nitrogens with one attached hydrogen (secondary N) is 2. The van der Waals surface area contributed by atoms with Gasteiger partial charge in [0.1, 0.15) is 11.8 Å². The van der Waals surface area contributed by atoms with E-state index in [1.165, 1.54) is 11.3 Å². The highest BCUT2D eigenvalue weighted by Crippen LogP contribution is 2.12. The Hall–Kier alpha value is -2.93. The molecule has 1 aromatic carbocycles. The highest BCUT2D eigenvalue weighted by molar-refractivity contribution is 7.12. The number of hydrogen-bond acceptors (Lipinski definition) is 5. The zero-order valence-electron chi connectivity index (χ0n) is 13.6. The van der Waals surface area contributed by atoms with Crippen molar-refractivity contribution in [3.05, 3.63) is 70.1 Å². The Labute approximate surface area is 148 Å². The number of anilines is 1. The van der Waals surface area contributed by atoms with Gasteiger partial charge in [0.15, 0.2) is 5.82 Å². The smallest absolute Gasteiger partial charge is 0.262 e. The molecule has 0 radical (unpaired) electrons. The number of hydrogen-bond donors (Lipinski definition) is 2. The molecule has 2 amide bonds. The molecule has 7 heteroatoms. The van der Waals surface area contributed by atoms with Crippen molar-refractivity contribution >= 4 is 29.0 Å². The minimum absolute atomic E-state index is 0.276. The van der Waals surface area contributed by atoms with E-state index in [1.807, 2.05) is 35.7 Å². The summed E-state index contributed by atoms with van der Waals surface area (Å²) in [6.45, 7) is 1.74. The van der Waals surface area contributed by atoms with E-state index in [1.54, 1.807) is 25.1 Å². The molecule has 128 valence electrons. The molecule has 0 spiro atoms. The fourth-order valence-electron chi connectivity index (χ4n) is 2.33. The average Bonchev–Trinajstić information content (AvgIpc) is 3.27. The van der Waals surface area contributed by atoms with Crippen molar-refractivity contribution in [3.8, 4) is 0 Å². The van der Waals surface area contributed by atoms with Gasteiger partial charge in [-0.25, -0.2) is 0 Å². The third kappa shape index (κ3) is 4.54. The van der Waals surface area contributed by atoms with Crippen molar-refractivity contribution in [1.82, 2.24) is 10.5 Å². The predicted molar refractivity (Wildman–Crippen MR) is 95.6 cm³/mol. The third-order valence-corrected chi connectivity index (χ3v) is 4.40. The molecular formula is C18H17N3O3S. The third-order valence-electron chi connectivity index (χ3n) is 3.53. The van der Waals surface area contributed by atoms with Crippen LogP contribution in [0.5, 0.6) is 0 Å². The first-order chi connectivity index (χ1) is 12.1. The van der Waals surface area contributed by atoms with Crippen LogP contribution in [0.1, 0.15) is 21.0 Å². The molecule has 1 unspecified atom stereocenters. The minimum Gasteiger partial charge on any atom is -0.360 e. The number of aromatic nitrogens is 1. The second-order valence-electron chi connectivity index (χ2n) is 5.51. The predicted octanol–water partition coefficient (Wildman–Crippen LogP) is 3.02. The lowest BCUT2D eigenvalue weighted by molar-refractivity contribution is -0.118. The van der Waals surface area contributed by atoms with E-state index in [4.69, 9.17) is 4.52 Å². The molecule has 0 aliphatic heterocycles. The van der Waals surface area contributed by atoms with Crippen LogP contribution < -0.4 is 10.6 Å². The Balaban J connectivity index is 1.75. The van der Waals surface area contributed by atoms with Gasteiger partial charge in [-0.15, -0.1) is 11.3 Å². The number of thiophene rings is 1. The number of aryl methyl sites for hydroxylation is 1. The quantitative estimate of drug-likeness (QED) is 0.712. The molecule has 6 nitrogen and oxygen atoms in total. The van der Waals surface area contributed by atoms with Crippen molar-refractivity contribution in [3.63, 3.8) is 0 Å². The first-order valence-electron chi connectivity index (χ1n) is 7.74. The molecule has 25 heavy (non-hydrogen) atoms. The van der Waals surface area contributed by atoms with E-state index < -0.39 is 6.04 Å². The number of nitrogens with zero attached hydrogens (tertiary/aromatic N) is 1. The van der Waals surface area contributed by atoms with Gasteiger partial charge in [-0.1, -0.05) is 41.6 Å². The van der Waals surface area contributed by atoms with E-state index in [2.05, 4.69) is 15.8 Å². The monoisotopic (exact) mass is 355 g/mol. The van der Waals surface area contributed by atoms with Crippen LogP contribution in [-0.4, -0.2) is 23.0 Å². The summed E-state index contributed by atoms with van der Waals surface area (Å²) in [5, 5.41) is 11.0. The average molecular weight is 355 g/mol. The summed E-state index contributed by atoms with van der Waals surface area (Å²) in [6.07, 6.45) is 0.376. The second-order valence-corrected chi connectivity index (χ2v) is 6.45. The summed E-state index contributed by atoms with van der Waals surface area (Å²) in [4.78, 5) is 25.5. The van der Waals surface area contributed by atoms with E-state index in [9.17, 15) is 9.59 Å². The van der Waals surface area contributed by atoms with Gasteiger partial charge in [-0.2, -0.15) is 0 Å². The van der Waals surface area contributed by atoms with Gasteiger partial charge in [0.25, 0.3) is 5.91 Å². The van der Waals surface area contributed by atoms with Crippen LogP contribution in [0.4, 0.5) is 5.82 Å². The molecule has 0 saturated carbocycles. The van der Waals surface area contributed by atoms with Crippen LogP contribution in [0.15, 0.2) is 58.4 Å². The van der Waals surface area contributed by atoms with E-state index in [-0.39, 0.29) is 11.8 Å². The first-order valence-corrected chi connectivity index (χ1v) is 8.62. The Kier molecular flexibility index (Phi) is 5.25. The summed E-state index contributed by atoms with van der Waals surface area (Å²) in [7, 11) is 0. The molecule has 2 aromatic heterocycles. The van der Waals surface area contributed by atoms with Gasteiger partial charge >= 0.3 is 0 Å². The summed E-state index contributed by atoms with van der Waals surface area (Å²) in [6, 6.07) is 13.9. The molecule has 0 aliphatic carbocycles. The largest absolute Gasteiger partial charge is 0.360 e. The van der Waals surface area contributed by atoms with Crippen molar-refractivity contribution in [2.45, 2.75) is 19.4 Å². The molecule has 2 heterocycles. The molecule has 0 saturated heterocycles. The fraction of sp³-hybridized carbons (Fsp3) is 0.167. The van der Waals surface area contributed by atoms with Crippen LogP contribution in [0.25, 0.3) is 0 Å². The Morgan fingerprint density at radius 3 is 2.64 bits per heavy atom. The Morgan fingerprint density at radius 2 is 2.00 bits per heavy atom. The summed E-state index contributed by atoms with van der Waals surface area (Å²) < 4.78 is 4.95. The van der Waals surface area contributed by atoms with E-state index in [0.717, 1.165) is 5.56 Å². The fourth-order valence-corrected chi connectivity index (χ4v) is 2.96. The lowest BCUT2D eigenvalue weighted by atomic mass is 10.1. The SMILES string of the molecule is Cc1cc(NC(=O)C(Cc2ccccc2)NC(=O)c2cccs2)no1.